The average molecular weight is 360 g/mol. The van der Waals surface area contributed by atoms with E-state index in [9.17, 15) is 8.42 Å². The van der Waals surface area contributed by atoms with E-state index in [2.05, 4.69) is 0 Å². The first-order chi connectivity index (χ1) is 10.3. The quantitative estimate of drug-likeness (QED) is 0.814. The van der Waals surface area contributed by atoms with Crippen molar-refractivity contribution in [3.8, 4) is 5.75 Å². The van der Waals surface area contributed by atoms with Crippen LogP contribution < -0.4 is 4.74 Å². The molecule has 0 aliphatic rings. The van der Waals surface area contributed by atoms with Gasteiger partial charge in [-0.2, -0.15) is 4.31 Å². The van der Waals surface area contributed by atoms with Gasteiger partial charge in [-0.05, 0) is 35.9 Å². The van der Waals surface area contributed by atoms with Crippen LogP contribution in [0.5, 0.6) is 5.75 Å². The van der Waals surface area contributed by atoms with Crippen LogP contribution in [-0.4, -0.2) is 26.9 Å². The van der Waals surface area contributed by atoms with Crippen molar-refractivity contribution in [2.45, 2.75) is 11.4 Å². The van der Waals surface area contributed by atoms with Gasteiger partial charge in [0, 0.05) is 18.6 Å². The van der Waals surface area contributed by atoms with Gasteiger partial charge in [-0.1, -0.05) is 35.3 Å². The van der Waals surface area contributed by atoms with Crippen molar-refractivity contribution in [1.82, 2.24) is 4.31 Å². The topological polar surface area (TPSA) is 46.6 Å². The summed E-state index contributed by atoms with van der Waals surface area (Å²) in [5, 5.41) is 0.861. The smallest absolute Gasteiger partial charge is 0.243 e. The van der Waals surface area contributed by atoms with Gasteiger partial charge in [0.15, 0.2) is 0 Å². The molecular weight excluding hydrogens is 345 g/mol. The van der Waals surface area contributed by atoms with Crippen molar-refractivity contribution in [3.63, 3.8) is 0 Å². The maximum atomic E-state index is 12.6. The molecule has 0 amide bonds. The summed E-state index contributed by atoms with van der Waals surface area (Å²) in [7, 11) is -0.644. The first kappa shape index (κ1) is 17.1. The highest BCUT2D eigenvalue weighted by Gasteiger charge is 2.22. The zero-order valence-corrected chi connectivity index (χ0v) is 14.4. The van der Waals surface area contributed by atoms with E-state index >= 15 is 0 Å². The molecule has 4 nitrogen and oxygen atoms in total. The lowest BCUT2D eigenvalue weighted by molar-refractivity contribution is 0.414. The van der Waals surface area contributed by atoms with E-state index in [4.69, 9.17) is 27.9 Å². The van der Waals surface area contributed by atoms with Gasteiger partial charge < -0.3 is 4.74 Å². The molecule has 0 spiro atoms. The number of methoxy groups -OCH3 is 1. The average Bonchev–Trinajstić information content (AvgIpc) is 2.49. The summed E-state index contributed by atoms with van der Waals surface area (Å²) in [6.45, 7) is 0.239. The van der Waals surface area contributed by atoms with E-state index in [0.29, 0.717) is 10.8 Å². The minimum absolute atomic E-state index is 0.120. The summed E-state index contributed by atoms with van der Waals surface area (Å²) in [5.41, 5.74) is 0.843. The summed E-state index contributed by atoms with van der Waals surface area (Å²) in [6.07, 6.45) is 0. The molecule has 0 fully saturated rings. The lowest BCUT2D eigenvalue weighted by atomic mass is 10.2. The SMILES string of the molecule is COc1ccc(S(=O)(=O)N(C)Cc2ccc(Cl)cc2)cc1Cl. The fourth-order valence-corrected chi connectivity index (χ4v) is 3.55. The van der Waals surface area contributed by atoms with Gasteiger partial charge in [0.05, 0.1) is 17.0 Å². The number of nitrogens with zero attached hydrogens (tertiary/aromatic N) is 1. The Morgan fingerprint density at radius 1 is 1.09 bits per heavy atom. The molecule has 0 aliphatic heterocycles. The Hall–Kier alpha value is -1.27. The van der Waals surface area contributed by atoms with Crippen molar-refractivity contribution < 1.29 is 13.2 Å². The minimum Gasteiger partial charge on any atom is -0.495 e. The van der Waals surface area contributed by atoms with Gasteiger partial charge in [-0.15, -0.1) is 0 Å². The molecule has 2 aromatic carbocycles. The maximum absolute atomic E-state index is 12.6. The fourth-order valence-electron chi connectivity index (χ4n) is 1.92. The highest BCUT2D eigenvalue weighted by atomic mass is 35.5. The Bertz CT molecular complexity index is 761. The third-order valence-corrected chi connectivity index (χ3v) is 5.50. The standard InChI is InChI=1S/C15H15Cl2NO3S/c1-18(10-11-3-5-12(16)6-4-11)22(19,20)13-7-8-15(21-2)14(17)9-13/h3-9H,10H2,1-2H3. The number of rotatable bonds is 5. The predicted octanol–water partition coefficient (Wildman–Crippen LogP) is 3.82. The van der Waals surface area contributed by atoms with Crippen molar-refractivity contribution in [3.05, 3.63) is 58.1 Å². The first-order valence-corrected chi connectivity index (χ1v) is 8.58. The fraction of sp³-hybridized carbons (Fsp3) is 0.200. The Morgan fingerprint density at radius 3 is 2.27 bits per heavy atom. The summed E-state index contributed by atoms with van der Waals surface area (Å²) >= 11 is 11.8. The van der Waals surface area contributed by atoms with Crippen LogP contribution in [0.25, 0.3) is 0 Å². The molecule has 0 bridgehead atoms. The third kappa shape index (κ3) is 3.73. The van der Waals surface area contributed by atoms with Gasteiger partial charge in [0.2, 0.25) is 10.0 Å². The molecule has 22 heavy (non-hydrogen) atoms. The zero-order chi connectivity index (χ0) is 16.3. The largest absolute Gasteiger partial charge is 0.495 e. The molecular formula is C15H15Cl2NO3S. The third-order valence-electron chi connectivity index (χ3n) is 3.15. The monoisotopic (exact) mass is 359 g/mol. The highest BCUT2D eigenvalue weighted by molar-refractivity contribution is 7.89. The molecule has 0 N–H and O–H groups in total. The number of ether oxygens (including phenoxy) is 1. The molecule has 0 aromatic heterocycles. The van der Waals surface area contributed by atoms with Gasteiger partial charge in [0.25, 0.3) is 0 Å². The Labute approximate surface area is 140 Å². The van der Waals surface area contributed by atoms with Crippen LogP contribution in [-0.2, 0) is 16.6 Å². The molecule has 2 rings (SSSR count). The Balaban J connectivity index is 2.25. The first-order valence-electron chi connectivity index (χ1n) is 6.39. The number of hydrogen-bond donors (Lipinski definition) is 0. The summed E-state index contributed by atoms with van der Waals surface area (Å²) in [5.74, 6) is 0.431. The van der Waals surface area contributed by atoms with Crippen molar-refractivity contribution in [2.24, 2.45) is 0 Å². The number of hydrogen-bond acceptors (Lipinski definition) is 3. The predicted molar refractivity (Wildman–Crippen MR) is 88.1 cm³/mol. The van der Waals surface area contributed by atoms with Crippen LogP contribution >= 0.6 is 23.2 Å². The van der Waals surface area contributed by atoms with Crippen LogP contribution in [0.3, 0.4) is 0 Å². The molecule has 118 valence electrons. The van der Waals surface area contributed by atoms with E-state index in [1.165, 1.54) is 36.7 Å². The van der Waals surface area contributed by atoms with Crippen molar-refractivity contribution >= 4 is 33.2 Å². The second kappa shape index (κ2) is 6.87. The molecule has 0 aliphatic carbocycles. The zero-order valence-electron chi connectivity index (χ0n) is 12.1. The van der Waals surface area contributed by atoms with E-state index in [0.717, 1.165) is 5.56 Å². The number of halogens is 2. The number of benzene rings is 2. The van der Waals surface area contributed by atoms with Crippen LogP contribution in [0.15, 0.2) is 47.4 Å². The molecule has 2 aromatic rings. The van der Waals surface area contributed by atoms with Gasteiger partial charge in [0.1, 0.15) is 5.75 Å². The van der Waals surface area contributed by atoms with Crippen molar-refractivity contribution in [1.29, 1.82) is 0 Å². The molecule has 0 atom stereocenters. The second-order valence-electron chi connectivity index (χ2n) is 4.68. The lowest BCUT2D eigenvalue weighted by Crippen LogP contribution is -2.26. The van der Waals surface area contributed by atoms with Gasteiger partial charge in [-0.25, -0.2) is 8.42 Å². The summed E-state index contributed by atoms with van der Waals surface area (Å²) in [6, 6.07) is 11.4. The van der Waals surface area contributed by atoms with Crippen molar-refractivity contribution in [2.75, 3.05) is 14.2 Å². The highest BCUT2D eigenvalue weighted by Crippen LogP contribution is 2.28. The van der Waals surface area contributed by atoms with Crippen LogP contribution in [0, 0.1) is 0 Å². The lowest BCUT2D eigenvalue weighted by Gasteiger charge is -2.18. The molecule has 0 saturated carbocycles. The van der Waals surface area contributed by atoms with E-state index in [1.807, 2.05) is 0 Å². The Morgan fingerprint density at radius 2 is 1.73 bits per heavy atom. The van der Waals surface area contributed by atoms with E-state index in [1.54, 1.807) is 24.3 Å². The van der Waals surface area contributed by atoms with Gasteiger partial charge in [-0.3, -0.25) is 0 Å². The number of sulfonamides is 1. The summed E-state index contributed by atoms with van der Waals surface area (Å²) in [4.78, 5) is 0.120. The molecule has 7 heteroatoms. The van der Waals surface area contributed by atoms with Crippen LogP contribution in [0.4, 0.5) is 0 Å². The van der Waals surface area contributed by atoms with Gasteiger partial charge >= 0.3 is 0 Å². The minimum atomic E-state index is -3.63. The summed E-state index contributed by atoms with van der Waals surface area (Å²) < 4.78 is 31.4. The second-order valence-corrected chi connectivity index (χ2v) is 7.57. The van der Waals surface area contributed by atoms with E-state index in [-0.39, 0.29) is 16.5 Å². The maximum Gasteiger partial charge on any atom is 0.243 e. The molecule has 0 unspecified atom stereocenters. The normalized spacial score (nSPS) is 11.7. The van der Waals surface area contributed by atoms with Crippen LogP contribution in [0.1, 0.15) is 5.56 Å². The molecule has 0 radical (unpaired) electrons. The van der Waals surface area contributed by atoms with E-state index < -0.39 is 10.0 Å². The molecule has 0 saturated heterocycles. The molecule has 0 heterocycles. The Kier molecular flexibility index (Phi) is 5.34. The van der Waals surface area contributed by atoms with Crippen LogP contribution in [0.2, 0.25) is 10.0 Å².